The third kappa shape index (κ3) is 5.02. The number of hydrogen-bond donors (Lipinski definition) is 0. The van der Waals surface area contributed by atoms with Crippen LogP contribution in [0.2, 0.25) is 0 Å². The van der Waals surface area contributed by atoms with Crippen molar-refractivity contribution in [1.29, 1.82) is 0 Å². The number of carbonyl (C=O) groups is 2. The second-order valence-corrected chi connectivity index (χ2v) is 8.72. The number of piperazine rings is 1. The Bertz CT molecular complexity index is 1270. The van der Waals surface area contributed by atoms with Crippen LogP contribution in [0.3, 0.4) is 0 Å². The summed E-state index contributed by atoms with van der Waals surface area (Å²) in [6.07, 6.45) is 0. The van der Waals surface area contributed by atoms with Crippen LogP contribution in [0.4, 0.5) is 11.4 Å². The molecule has 1 saturated heterocycles. The molecule has 0 N–H and O–H groups in total. The molecule has 10 heteroatoms. The van der Waals surface area contributed by atoms with Gasteiger partial charge in [0.25, 0.3) is 11.6 Å². The molecule has 1 aliphatic rings. The number of rotatable bonds is 6. The van der Waals surface area contributed by atoms with Gasteiger partial charge in [0.2, 0.25) is 0 Å². The Morgan fingerprint density at radius 3 is 2.17 bits per heavy atom. The van der Waals surface area contributed by atoms with Gasteiger partial charge >= 0.3 is 5.97 Å². The van der Waals surface area contributed by atoms with Crippen LogP contribution >= 0.6 is 0 Å². The number of nitrogens with zero attached hydrogens (tertiary/aromatic N) is 5. The minimum absolute atomic E-state index is 0.0295. The van der Waals surface area contributed by atoms with Gasteiger partial charge in [-0.05, 0) is 18.1 Å². The molecule has 2 aromatic carbocycles. The number of carbonyl (C=O) groups excluding carboxylic acids is 2. The number of non-ortho nitro benzene ring substituents is 1. The van der Waals surface area contributed by atoms with Crippen molar-refractivity contribution in [3.05, 3.63) is 81.7 Å². The van der Waals surface area contributed by atoms with Gasteiger partial charge in [0, 0.05) is 49.6 Å². The summed E-state index contributed by atoms with van der Waals surface area (Å²) in [5.41, 5.74) is 2.20. The molecule has 3 aromatic rings. The Labute approximate surface area is 208 Å². The molecule has 0 aliphatic carbocycles. The van der Waals surface area contributed by atoms with Gasteiger partial charge < -0.3 is 14.5 Å². The lowest BCUT2D eigenvalue weighted by atomic mass is 10.0. The van der Waals surface area contributed by atoms with E-state index in [2.05, 4.69) is 14.9 Å². The first-order valence-electron chi connectivity index (χ1n) is 11.6. The molecule has 0 spiro atoms. The predicted molar refractivity (Wildman–Crippen MR) is 134 cm³/mol. The van der Waals surface area contributed by atoms with Crippen LogP contribution in [0.1, 0.15) is 46.3 Å². The monoisotopic (exact) mass is 489 g/mol. The molecule has 0 unspecified atom stereocenters. The molecule has 10 nitrogen and oxygen atoms in total. The molecule has 1 aromatic heterocycles. The summed E-state index contributed by atoms with van der Waals surface area (Å²) in [7, 11) is 1.27. The van der Waals surface area contributed by atoms with Crippen molar-refractivity contribution >= 4 is 23.3 Å². The molecule has 2 heterocycles. The summed E-state index contributed by atoms with van der Waals surface area (Å²) in [6, 6.07) is 15.7. The fraction of sp³-hybridized carbons (Fsp3) is 0.308. The Morgan fingerprint density at radius 1 is 0.972 bits per heavy atom. The number of ether oxygens (including phenoxy) is 1. The van der Waals surface area contributed by atoms with Gasteiger partial charge in [0.15, 0.2) is 5.82 Å². The normalized spacial score (nSPS) is 13.6. The van der Waals surface area contributed by atoms with Gasteiger partial charge in [-0.2, -0.15) is 0 Å². The molecule has 1 aliphatic heterocycles. The van der Waals surface area contributed by atoms with Crippen molar-refractivity contribution in [2.75, 3.05) is 38.2 Å². The minimum atomic E-state index is -0.647. The van der Waals surface area contributed by atoms with Crippen molar-refractivity contribution in [3.63, 3.8) is 0 Å². The highest BCUT2D eigenvalue weighted by molar-refractivity contribution is 6.05. The molecule has 1 amide bonds. The average Bonchev–Trinajstić information content (AvgIpc) is 2.92. The first-order chi connectivity index (χ1) is 17.3. The maximum Gasteiger partial charge on any atom is 0.342 e. The fourth-order valence-electron chi connectivity index (χ4n) is 4.17. The topological polar surface area (TPSA) is 119 Å². The second-order valence-electron chi connectivity index (χ2n) is 8.72. The molecule has 36 heavy (non-hydrogen) atoms. The number of aromatic nitrogens is 2. The second kappa shape index (κ2) is 10.5. The van der Waals surface area contributed by atoms with Gasteiger partial charge in [-0.3, -0.25) is 14.9 Å². The van der Waals surface area contributed by atoms with Crippen molar-refractivity contribution < 1.29 is 19.2 Å². The van der Waals surface area contributed by atoms with Crippen LogP contribution in [0.5, 0.6) is 0 Å². The molecule has 0 saturated carbocycles. The van der Waals surface area contributed by atoms with Crippen molar-refractivity contribution in [3.8, 4) is 11.4 Å². The van der Waals surface area contributed by atoms with Crippen LogP contribution in [-0.2, 0) is 4.74 Å². The van der Waals surface area contributed by atoms with E-state index in [9.17, 15) is 19.7 Å². The number of nitro groups is 1. The molecule has 1 fully saturated rings. The van der Waals surface area contributed by atoms with Crippen LogP contribution in [0.15, 0.2) is 54.6 Å². The van der Waals surface area contributed by atoms with Gasteiger partial charge in [-0.15, -0.1) is 0 Å². The molecule has 186 valence electrons. The molecule has 0 radical (unpaired) electrons. The highest BCUT2D eigenvalue weighted by Crippen LogP contribution is 2.27. The molecule has 0 atom stereocenters. The number of nitro benzene ring substituents is 1. The van der Waals surface area contributed by atoms with E-state index >= 15 is 0 Å². The Hall–Kier alpha value is -4.34. The zero-order valence-corrected chi connectivity index (χ0v) is 20.4. The standard InChI is InChI=1S/C26H27N5O5/c1-17(2)22-21(26(33)36-3)23(28-24(27-22)18-7-5-4-6-8-18)25(32)30-15-13-29(14-16-30)19-9-11-20(12-10-19)31(34)35/h4-12,17H,13-16H2,1-3H3. The van der Waals surface area contributed by atoms with Gasteiger partial charge in [0.05, 0.1) is 17.7 Å². The first-order valence-corrected chi connectivity index (χ1v) is 11.6. The zero-order valence-electron chi connectivity index (χ0n) is 20.4. The summed E-state index contributed by atoms with van der Waals surface area (Å²) in [5, 5.41) is 10.9. The highest BCUT2D eigenvalue weighted by Gasteiger charge is 2.32. The molecule has 0 bridgehead atoms. The maximum atomic E-state index is 13.7. The Kier molecular flexibility index (Phi) is 7.23. The Morgan fingerprint density at radius 2 is 1.61 bits per heavy atom. The average molecular weight is 490 g/mol. The SMILES string of the molecule is COC(=O)c1c(C(=O)N2CCN(c3ccc([N+](=O)[O-])cc3)CC2)nc(-c2ccccc2)nc1C(C)C. The van der Waals surface area contributed by atoms with Crippen molar-refractivity contribution in [2.24, 2.45) is 0 Å². The number of esters is 1. The van der Waals surface area contributed by atoms with E-state index in [0.717, 1.165) is 11.3 Å². The van der Waals surface area contributed by atoms with Crippen molar-refractivity contribution in [1.82, 2.24) is 14.9 Å². The van der Waals surface area contributed by atoms with Gasteiger partial charge in [-0.25, -0.2) is 14.8 Å². The largest absolute Gasteiger partial charge is 0.465 e. The molecular formula is C26H27N5O5. The van der Waals surface area contributed by atoms with E-state index in [1.54, 1.807) is 17.0 Å². The third-order valence-electron chi connectivity index (χ3n) is 6.10. The lowest BCUT2D eigenvalue weighted by Crippen LogP contribution is -2.49. The quantitative estimate of drug-likeness (QED) is 0.290. The first kappa shape index (κ1) is 24.8. The number of anilines is 1. The van der Waals surface area contributed by atoms with Crippen LogP contribution in [0, 0.1) is 10.1 Å². The van der Waals surface area contributed by atoms with Crippen molar-refractivity contribution in [2.45, 2.75) is 19.8 Å². The molecular weight excluding hydrogens is 462 g/mol. The summed E-state index contributed by atoms with van der Waals surface area (Å²) in [6.45, 7) is 5.67. The Balaban J connectivity index is 1.64. The van der Waals surface area contributed by atoms with Crippen LogP contribution in [0.25, 0.3) is 11.4 Å². The smallest absolute Gasteiger partial charge is 0.342 e. The maximum absolute atomic E-state index is 13.7. The number of methoxy groups -OCH3 is 1. The van der Waals surface area contributed by atoms with E-state index in [0.29, 0.717) is 37.7 Å². The van der Waals surface area contributed by atoms with E-state index in [1.165, 1.54) is 19.2 Å². The lowest BCUT2D eigenvalue weighted by molar-refractivity contribution is -0.384. The number of benzene rings is 2. The third-order valence-corrected chi connectivity index (χ3v) is 6.10. The van der Waals surface area contributed by atoms with Gasteiger partial charge in [0.1, 0.15) is 11.3 Å². The van der Waals surface area contributed by atoms with E-state index in [-0.39, 0.29) is 28.8 Å². The predicted octanol–water partition coefficient (Wildman–Crippen LogP) is 3.92. The summed E-state index contributed by atoms with van der Waals surface area (Å²) < 4.78 is 5.01. The molecule has 4 rings (SSSR count). The van der Waals surface area contributed by atoms with E-state index in [1.807, 2.05) is 44.2 Å². The van der Waals surface area contributed by atoms with Gasteiger partial charge in [-0.1, -0.05) is 44.2 Å². The highest BCUT2D eigenvalue weighted by atomic mass is 16.6. The van der Waals surface area contributed by atoms with E-state index < -0.39 is 10.9 Å². The summed E-state index contributed by atoms with van der Waals surface area (Å²) >= 11 is 0. The zero-order chi connectivity index (χ0) is 25.8. The van der Waals surface area contributed by atoms with E-state index in [4.69, 9.17) is 4.74 Å². The summed E-state index contributed by atoms with van der Waals surface area (Å²) in [5.74, 6) is -0.777. The van der Waals surface area contributed by atoms with Crippen LogP contribution in [-0.4, -0.2) is 65.0 Å². The fourth-order valence-corrected chi connectivity index (χ4v) is 4.17. The van der Waals surface area contributed by atoms with Crippen LogP contribution < -0.4 is 4.90 Å². The number of amides is 1. The lowest BCUT2D eigenvalue weighted by Gasteiger charge is -2.36. The number of hydrogen-bond acceptors (Lipinski definition) is 8. The summed E-state index contributed by atoms with van der Waals surface area (Å²) in [4.78, 5) is 49.9. The minimum Gasteiger partial charge on any atom is -0.465 e.